The largest absolute Gasteiger partial charge is 0.496 e. The summed E-state index contributed by atoms with van der Waals surface area (Å²) in [5, 5.41) is 16.8. The van der Waals surface area contributed by atoms with Crippen LogP contribution in [0.3, 0.4) is 0 Å². The predicted octanol–water partition coefficient (Wildman–Crippen LogP) is 8.14. The number of aromatic nitrogens is 6. The molecule has 0 radical (unpaired) electrons. The van der Waals surface area contributed by atoms with E-state index in [1.807, 2.05) is 102 Å². The van der Waals surface area contributed by atoms with E-state index in [-0.39, 0.29) is 17.1 Å². The summed E-state index contributed by atoms with van der Waals surface area (Å²) in [4.78, 5) is 75.6. The van der Waals surface area contributed by atoms with Crippen molar-refractivity contribution >= 4 is 98.3 Å². The van der Waals surface area contributed by atoms with Crippen LogP contribution in [0.15, 0.2) is 156 Å². The second-order valence-corrected chi connectivity index (χ2v) is 28.9. The number of amidine groups is 1. The highest BCUT2D eigenvalue weighted by atomic mass is 79.9. The van der Waals surface area contributed by atoms with Gasteiger partial charge in [-0.2, -0.15) is 15.3 Å². The molecule has 6 aromatic heterocycles. The van der Waals surface area contributed by atoms with Crippen molar-refractivity contribution in [3.63, 3.8) is 0 Å². The van der Waals surface area contributed by atoms with Crippen LogP contribution >= 0.6 is 15.9 Å². The first-order chi connectivity index (χ1) is 49.0. The third kappa shape index (κ3) is 16.4. The lowest BCUT2D eigenvalue weighted by Crippen LogP contribution is -2.49. The number of rotatable bonds is 13. The maximum absolute atomic E-state index is 12.4. The second-order valence-electron chi connectivity index (χ2n) is 27.9. The smallest absolute Gasteiger partial charge is 0.399 e. The highest BCUT2D eigenvalue weighted by Crippen LogP contribution is 2.39. The maximum Gasteiger partial charge on any atom is 0.496 e. The second kappa shape index (κ2) is 30.9. The Kier molecular flexibility index (Phi) is 21.5. The zero-order chi connectivity index (χ0) is 70.4. The molecule has 101 heavy (non-hydrogen) atoms. The number of fused-ring (bicyclic) bond motifs is 3. The van der Waals surface area contributed by atoms with E-state index in [2.05, 4.69) is 145 Å². The lowest BCUT2D eigenvalue weighted by molar-refractivity contribution is -0.133. The molecule has 3 aliphatic carbocycles. The van der Waals surface area contributed by atoms with E-state index in [9.17, 15) is 24.0 Å². The average molecular weight is 1430 g/mol. The lowest BCUT2D eigenvalue weighted by Gasteiger charge is -2.36. The van der Waals surface area contributed by atoms with Crippen molar-refractivity contribution in [3.05, 3.63) is 168 Å². The van der Waals surface area contributed by atoms with E-state index >= 15 is 0 Å². The number of carbonyl (C=O) groups excluding carboxylic acids is 5. The molecule has 8 aliphatic rings. The number of amides is 3. The number of hydrogen-bond acceptors (Lipinski definition) is 17. The first-order valence-corrected chi connectivity index (χ1v) is 36.2. The van der Waals surface area contributed by atoms with Crippen LogP contribution in [0.2, 0.25) is 0 Å². The summed E-state index contributed by atoms with van der Waals surface area (Å²) in [5.41, 5.74) is 23.7. The number of anilines is 3. The van der Waals surface area contributed by atoms with Crippen LogP contribution in [-0.2, 0) is 23.7 Å². The molecule has 0 bridgehead atoms. The van der Waals surface area contributed by atoms with Crippen molar-refractivity contribution in [2.45, 2.75) is 77.4 Å². The molecule has 3 aromatic carbocycles. The van der Waals surface area contributed by atoms with Crippen molar-refractivity contribution < 1.29 is 33.3 Å². The summed E-state index contributed by atoms with van der Waals surface area (Å²) in [5.74, 6) is 2.90. The normalized spacial score (nSPS) is 18.5. The van der Waals surface area contributed by atoms with Crippen molar-refractivity contribution in [3.8, 4) is 22.3 Å². The Hall–Kier alpha value is -9.27. The Balaban J connectivity index is 0.000000124. The Morgan fingerprint density at radius 3 is 1.21 bits per heavy atom. The number of nitrogens with zero attached hydrogens (tertiary/aromatic N) is 13. The van der Waals surface area contributed by atoms with Crippen molar-refractivity contribution in [1.82, 2.24) is 48.9 Å². The molecule has 5 N–H and O–H groups in total. The van der Waals surface area contributed by atoms with Crippen LogP contribution in [0.4, 0.5) is 17.1 Å². The van der Waals surface area contributed by atoms with Gasteiger partial charge in [-0.3, -0.25) is 29.0 Å². The summed E-state index contributed by atoms with van der Waals surface area (Å²) >= 11 is 3.26. The minimum atomic E-state index is -0.400. The summed E-state index contributed by atoms with van der Waals surface area (Å²) in [6.07, 6.45) is 19.7. The number of halogens is 1. The van der Waals surface area contributed by atoms with Crippen LogP contribution in [0, 0.1) is 17.8 Å². The number of aliphatic imine (C=N–C) groups is 1. The predicted molar refractivity (Wildman–Crippen MR) is 399 cm³/mol. The molecule has 17 rings (SSSR count). The first kappa shape index (κ1) is 70.2. The van der Waals surface area contributed by atoms with E-state index in [1.54, 1.807) is 12.1 Å². The summed E-state index contributed by atoms with van der Waals surface area (Å²) in [6.45, 7) is 21.0. The van der Waals surface area contributed by atoms with Crippen LogP contribution in [0.25, 0.3) is 38.8 Å². The van der Waals surface area contributed by atoms with Gasteiger partial charge in [0.1, 0.15) is 18.4 Å². The summed E-state index contributed by atoms with van der Waals surface area (Å²) in [6, 6.07) is 36.0. The van der Waals surface area contributed by atoms with Gasteiger partial charge in [0, 0.05) is 191 Å². The first-order valence-electron chi connectivity index (χ1n) is 35.4. The molecule has 9 aromatic rings. The standard InChI is InChI=1S/C24H26N6O.C22H22N4O2.C21H29BN4O3.C7H5BrO.C2H8N2/c31-24(19-5-6-19)29-13-11-28(12-14-29)21-7-8-27-30-16-20(15-22(21)30)17-1-3-18(4-2-17)23-25-9-10-26-23;27-15-16-1-3-17(4-2-16)19-13-21-20(7-8-23-26(21)14-19)24-9-11-25(12-10-24)22(28)18-5-6-18;1-20(2)21(3,4)29-22(28-20)16-13-18-17(7-8-23-26(18)14-16)24-9-11-25(12-10-24)19(27)15-5-6-15;8-7-3-1-6(5-9)2-4-7;3-1-2-4/h1-4,7-8,15-16,19H,5-6,9-14H2,(H,25,26);1-4,7-8,13-15,18H,5-6,9-12H2;7-8,13-15H,5-6,9-12H2,1-4H3;1-5H;1-4H2. The van der Waals surface area contributed by atoms with Gasteiger partial charge in [-0.05, 0) is 126 Å². The highest BCUT2D eigenvalue weighted by Gasteiger charge is 2.52. The molecule has 0 atom stereocenters. The fraction of sp³-hybridized carbons (Fsp3) is 0.408. The highest BCUT2D eigenvalue weighted by molar-refractivity contribution is 9.10. The van der Waals surface area contributed by atoms with Crippen LogP contribution in [-0.4, -0.2) is 203 Å². The molecule has 0 spiro atoms. The molecule has 11 heterocycles. The van der Waals surface area contributed by atoms with Gasteiger partial charge in [0.05, 0.1) is 51.4 Å². The van der Waals surface area contributed by atoms with E-state index in [0.29, 0.717) is 53.8 Å². The van der Waals surface area contributed by atoms with E-state index in [1.165, 1.54) is 11.3 Å². The molecule has 526 valence electrons. The zero-order valence-corrected chi connectivity index (χ0v) is 59.7. The third-order valence-corrected chi connectivity index (χ3v) is 20.8. The minimum Gasteiger partial charge on any atom is -0.399 e. The molecule has 25 heteroatoms. The fourth-order valence-corrected chi connectivity index (χ4v) is 13.5. The van der Waals surface area contributed by atoms with Crippen molar-refractivity contribution in [1.29, 1.82) is 0 Å². The monoisotopic (exact) mass is 1430 g/mol. The van der Waals surface area contributed by atoms with Gasteiger partial charge in [0.2, 0.25) is 17.7 Å². The van der Waals surface area contributed by atoms with E-state index in [0.717, 1.165) is 209 Å². The number of carbonyl (C=O) groups is 5. The molecular weight excluding hydrogens is 1340 g/mol. The van der Waals surface area contributed by atoms with Gasteiger partial charge in [0.25, 0.3) is 0 Å². The quantitative estimate of drug-likeness (QED) is 0.0727. The molecule has 3 saturated carbocycles. The molecule has 7 fully saturated rings. The lowest BCUT2D eigenvalue weighted by atomic mass is 9.81. The van der Waals surface area contributed by atoms with E-state index < -0.39 is 7.12 Å². The zero-order valence-electron chi connectivity index (χ0n) is 58.1. The SMILES string of the molecule is CC1(C)OB(c2cc3c(N4CCN(C(=O)C5CC5)CC4)ccnn3c2)OC1(C)C.NCCN.O=C(C1CC1)N1CCN(c2ccnn3cc(-c4ccc(C5=NCCN5)cc4)cc23)CC1.O=Cc1ccc(-c2cc3c(N4CCN(C(=O)C5CC5)CC4)ccnn3c2)cc1.O=Cc1ccc(Br)cc1. The Morgan fingerprint density at radius 1 is 0.495 bits per heavy atom. The van der Waals surface area contributed by atoms with Gasteiger partial charge in [0.15, 0.2) is 0 Å². The van der Waals surface area contributed by atoms with Crippen molar-refractivity contribution in [2.75, 3.05) is 119 Å². The van der Waals surface area contributed by atoms with Crippen LogP contribution in [0.1, 0.15) is 92.5 Å². The Bertz CT molecular complexity index is 4410. The number of nitrogens with two attached hydrogens (primary N) is 2. The number of nitrogens with one attached hydrogen (secondary N) is 1. The van der Waals surface area contributed by atoms with Gasteiger partial charge in [-0.1, -0.05) is 76.6 Å². The maximum atomic E-state index is 12.4. The van der Waals surface area contributed by atoms with Gasteiger partial charge in [-0.25, -0.2) is 13.5 Å². The van der Waals surface area contributed by atoms with Gasteiger partial charge < -0.3 is 55.5 Å². The fourth-order valence-electron chi connectivity index (χ4n) is 13.2. The number of piperazine rings is 3. The number of aldehydes is 2. The molecule has 4 saturated heterocycles. The third-order valence-electron chi connectivity index (χ3n) is 20.3. The Morgan fingerprint density at radius 2 is 0.851 bits per heavy atom. The summed E-state index contributed by atoms with van der Waals surface area (Å²) < 4.78 is 19.2. The molecule has 5 aliphatic heterocycles. The molecule has 3 amide bonds. The number of benzene rings is 3. The number of hydrogen-bond donors (Lipinski definition) is 3. The van der Waals surface area contributed by atoms with Gasteiger partial charge in [-0.15, -0.1) is 0 Å². The minimum absolute atomic E-state index is 0.290. The van der Waals surface area contributed by atoms with Crippen molar-refractivity contribution in [2.24, 2.45) is 34.2 Å². The molecular formula is C76H90BBrN16O7. The molecule has 23 nitrogen and oxygen atoms in total. The molecule has 0 unspecified atom stereocenters. The average Bonchev–Trinajstić information content (AvgIpc) is 1.61. The van der Waals surface area contributed by atoms with Gasteiger partial charge >= 0.3 is 7.12 Å². The van der Waals surface area contributed by atoms with Crippen LogP contribution in [0.5, 0.6) is 0 Å². The Labute approximate surface area is 598 Å². The van der Waals surface area contributed by atoms with E-state index in [4.69, 9.17) is 20.8 Å². The summed E-state index contributed by atoms with van der Waals surface area (Å²) in [7, 11) is -0.400. The topological polar surface area (TPSA) is 252 Å². The van der Waals surface area contributed by atoms with Crippen LogP contribution < -0.4 is 36.9 Å².